The number of hydrogen-bond donors (Lipinski definition) is 3. The van der Waals surface area contributed by atoms with Crippen LogP contribution in [0.1, 0.15) is 41.9 Å². The van der Waals surface area contributed by atoms with Crippen LogP contribution in [0.5, 0.6) is 5.75 Å². The molecule has 3 fully saturated rings. The van der Waals surface area contributed by atoms with Crippen LogP contribution >= 0.6 is 23.2 Å². The molecule has 2 aromatic rings. The standard InChI is InChI=1S/C20H20Cl2N4O5/c1-11-8-15(31-26-11)17(28)24-20-6-4-19(5-7-20,18(29)25-20)23-16(27)10-30-12-2-3-13(21)14(22)9-12/h2-3,8-9H,4-7,10H2,1H3,(H,23,27)(H,24,28)(H,25,29). The molecule has 2 bridgehead atoms. The monoisotopic (exact) mass is 466 g/mol. The van der Waals surface area contributed by atoms with Crippen molar-refractivity contribution in [3.05, 3.63) is 45.8 Å². The molecule has 0 radical (unpaired) electrons. The number of benzene rings is 1. The van der Waals surface area contributed by atoms with Gasteiger partial charge in [-0.2, -0.15) is 0 Å². The van der Waals surface area contributed by atoms with E-state index >= 15 is 0 Å². The number of nitrogens with zero attached hydrogens (tertiary/aromatic N) is 1. The van der Waals surface area contributed by atoms with Crippen LogP contribution in [0.2, 0.25) is 10.0 Å². The van der Waals surface area contributed by atoms with Gasteiger partial charge in [0.05, 0.1) is 15.7 Å². The van der Waals surface area contributed by atoms with Crippen molar-refractivity contribution in [3.63, 3.8) is 0 Å². The third kappa shape index (κ3) is 4.33. The molecule has 0 atom stereocenters. The zero-order chi connectivity index (χ0) is 22.2. The van der Waals surface area contributed by atoms with Gasteiger partial charge in [0.1, 0.15) is 17.0 Å². The number of aromatic nitrogens is 1. The highest BCUT2D eigenvalue weighted by molar-refractivity contribution is 6.42. The normalized spacial score (nSPS) is 24.4. The second-order valence-corrected chi connectivity index (χ2v) is 8.63. The number of halogens is 2. The van der Waals surface area contributed by atoms with Crippen molar-refractivity contribution < 1.29 is 23.6 Å². The highest BCUT2D eigenvalue weighted by atomic mass is 35.5. The summed E-state index contributed by atoms with van der Waals surface area (Å²) >= 11 is 11.8. The summed E-state index contributed by atoms with van der Waals surface area (Å²) in [5, 5.41) is 12.9. The first-order chi connectivity index (χ1) is 14.7. The quantitative estimate of drug-likeness (QED) is 0.600. The number of carbonyl (C=O) groups is 3. The number of carbonyl (C=O) groups excluding carboxylic acids is 3. The topological polar surface area (TPSA) is 123 Å². The molecule has 164 valence electrons. The lowest BCUT2D eigenvalue weighted by Crippen LogP contribution is -2.76. The van der Waals surface area contributed by atoms with Gasteiger partial charge in [0, 0.05) is 12.1 Å². The Hall–Kier alpha value is -2.78. The second kappa shape index (κ2) is 8.05. The summed E-state index contributed by atoms with van der Waals surface area (Å²) in [6.07, 6.45) is 1.69. The van der Waals surface area contributed by atoms with Crippen LogP contribution in [0.25, 0.3) is 0 Å². The van der Waals surface area contributed by atoms with Crippen molar-refractivity contribution in [3.8, 4) is 5.75 Å². The third-order valence-corrected chi connectivity index (χ3v) is 6.33. The van der Waals surface area contributed by atoms with Crippen LogP contribution < -0.4 is 20.7 Å². The molecule has 1 aromatic carbocycles. The molecule has 0 unspecified atom stereocenters. The van der Waals surface area contributed by atoms with E-state index in [0.717, 1.165) is 0 Å². The fraction of sp³-hybridized carbons (Fsp3) is 0.400. The molecule has 1 aliphatic carbocycles. The molecule has 31 heavy (non-hydrogen) atoms. The fourth-order valence-electron chi connectivity index (χ4n) is 3.90. The first-order valence-electron chi connectivity index (χ1n) is 9.68. The number of hydrogen-bond acceptors (Lipinski definition) is 6. The van der Waals surface area contributed by atoms with E-state index in [4.69, 9.17) is 32.5 Å². The predicted octanol–water partition coefficient (Wildman–Crippen LogP) is 2.35. The van der Waals surface area contributed by atoms with E-state index < -0.39 is 23.0 Å². The number of amides is 3. The molecule has 5 rings (SSSR count). The Labute approximate surface area is 187 Å². The van der Waals surface area contributed by atoms with Gasteiger partial charge in [-0.1, -0.05) is 28.4 Å². The van der Waals surface area contributed by atoms with Crippen LogP contribution in [0, 0.1) is 6.92 Å². The molecule has 3 aliphatic rings. The van der Waals surface area contributed by atoms with E-state index in [1.54, 1.807) is 19.1 Å². The lowest BCUT2D eigenvalue weighted by Gasteiger charge is -2.52. The van der Waals surface area contributed by atoms with Gasteiger partial charge in [0.25, 0.3) is 11.8 Å². The highest BCUT2D eigenvalue weighted by Gasteiger charge is 2.55. The average Bonchev–Trinajstić information content (AvgIpc) is 3.17. The summed E-state index contributed by atoms with van der Waals surface area (Å²) < 4.78 is 10.4. The van der Waals surface area contributed by atoms with E-state index in [2.05, 4.69) is 21.1 Å². The van der Waals surface area contributed by atoms with Crippen LogP contribution in [-0.4, -0.2) is 40.7 Å². The molecule has 3 N–H and O–H groups in total. The Morgan fingerprint density at radius 3 is 2.52 bits per heavy atom. The SMILES string of the molecule is Cc1cc(C(=O)NC23CCC(NC(=O)COc4ccc(Cl)c(Cl)c4)(CC2)C(=O)N3)on1. The minimum atomic E-state index is -1.03. The zero-order valence-electron chi connectivity index (χ0n) is 16.6. The molecule has 0 spiro atoms. The first kappa shape index (κ1) is 21.5. The van der Waals surface area contributed by atoms with Crippen LogP contribution in [0.15, 0.2) is 28.8 Å². The van der Waals surface area contributed by atoms with Crippen LogP contribution in [0.3, 0.4) is 0 Å². The van der Waals surface area contributed by atoms with Gasteiger partial charge in [0.15, 0.2) is 6.61 Å². The molecule has 2 aliphatic heterocycles. The van der Waals surface area contributed by atoms with Gasteiger partial charge in [-0.3, -0.25) is 14.4 Å². The maximum atomic E-state index is 12.8. The van der Waals surface area contributed by atoms with E-state index in [-0.39, 0.29) is 18.3 Å². The van der Waals surface area contributed by atoms with E-state index in [1.807, 2.05) is 0 Å². The Bertz CT molecular complexity index is 1050. The molecule has 1 aromatic heterocycles. The van der Waals surface area contributed by atoms with Crippen LogP contribution in [0.4, 0.5) is 0 Å². The largest absolute Gasteiger partial charge is 0.484 e. The van der Waals surface area contributed by atoms with Crippen LogP contribution in [-0.2, 0) is 9.59 Å². The lowest BCUT2D eigenvalue weighted by molar-refractivity contribution is -0.144. The second-order valence-electron chi connectivity index (χ2n) is 7.82. The molecule has 2 saturated heterocycles. The molecule has 3 amide bonds. The number of ether oxygens (including phenoxy) is 1. The Morgan fingerprint density at radius 2 is 1.90 bits per heavy atom. The molecule has 1 saturated carbocycles. The first-order valence-corrected chi connectivity index (χ1v) is 10.4. The summed E-state index contributed by atoms with van der Waals surface area (Å²) in [7, 11) is 0. The van der Waals surface area contributed by atoms with E-state index in [9.17, 15) is 14.4 Å². The maximum absolute atomic E-state index is 12.8. The van der Waals surface area contributed by atoms with Crippen molar-refractivity contribution in [1.82, 2.24) is 21.1 Å². The Morgan fingerprint density at radius 1 is 1.16 bits per heavy atom. The van der Waals surface area contributed by atoms with Gasteiger partial charge in [0.2, 0.25) is 11.7 Å². The van der Waals surface area contributed by atoms with Crippen molar-refractivity contribution in [2.75, 3.05) is 6.61 Å². The van der Waals surface area contributed by atoms with E-state index in [0.29, 0.717) is 47.2 Å². The average molecular weight is 467 g/mol. The number of aryl methyl sites for hydroxylation is 1. The van der Waals surface area contributed by atoms with Gasteiger partial charge in [-0.05, 0) is 44.7 Å². The maximum Gasteiger partial charge on any atom is 0.291 e. The Balaban J connectivity index is 1.35. The lowest BCUT2D eigenvalue weighted by atomic mass is 9.71. The smallest absolute Gasteiger partial charge is 0.291 e. The minimum absolute atomic E-state index is 0.0799. The van der Waals surface area contributed by atoms with Gasteiger partial charge in [-0.25, -0.2) is 0 Å². The van der Waals surface area contributed by atoms with Crippen molar-refractivity contribution in [2.45, 2.75) is 43.8 Å². The highest BCUT2D eigenvalue weighted by Crippen LogP contribution is 2.39. The molecule has 11 heteroatoms. The summed E-state index contributed by atoms with van der Waals surface area (Å²) in [5.74, 6) is -0.757. The van der Waals surface area contributed by atoms with Crippen molar-refractivity contribution >= 4 is 40.9 Å². The predicted molar refractivity (Wildman–Crippen MR) is 111 cm³/mol. The van der Waals surface area contributed by atoms with Crippen molar-refractivity contribution in [1.29, 1.82) is 0 Å². The van der Waals surface area contributed by atoms with Gasteiger partial charge >= 0.3 is 0 Å². The zero-order valence-corrected chi connectivity index (χ0v) is 18.1. The van der Waals surface area contributed by atoms with Crippen molar-refractivity contribution in [2.24, 2.45) is 0 Å². The number of nitrogens with one attached hydrogen (secondary N) is 3. The summed E-state index contributed by atoms with van der Waals surface area (Å²) in [6, 6.07) is 6.20. The molecule has 3 heterocycles. The van der Waals surface area contributed by atoms with Gasteiger partial charge in [-0.15, -0.1) is 0 Å². The van der Waals surface area contributed by atoms with Gasteiger partial charge < -0.3 is 25.2 Å². The number of rotatable bonds is 6. The molecule has 9 nitrogen and oxygen atoms in total. The molecular weight excluding hydrogens is 447 g/mol. The summed E-state index contributed by atoms with van der Waals surface area (Å²) in [4.78, 5) is 37.7. The fourth-order valence-corrected chi connectivity index (χ4v) is 4.19. The number of fused-ring (bicyclic) bond motifs is 3. The number of piperidine rings is 2. The summed E-state index contributed by atoms with van der Waals surface area (Å²) in [6.45, 7) is 1.43. The van der Waals surface area contributed by atoms with E-state index in [1.165, 1.54) is 12.1 Å². The minimum Gasteiger partial charge on any atom is -0.484 e. The summed E-state index contributed by atoms with van der Waals surface area (Å²) in [5.41, 5.74) is -1.32. The third-order valence-electron chi connectivity index (χ3n) is 5.59. The molecular formula is C20H20Cl2N4O5. The Kier molecular flexibility index (Phi) is 5.57.